The number of esters is 2. The summed E-state index contributed by atoms with van der Waals surface area (Å²) in [7, 11) is 0.982. The molecule has 1 fully saturated rings. The minimum atomic E-state index is -4.71. The molecule has 2 unspecified atom stereocenters. The summed E-state index contributed by atoms with van der Waals surface area (Å²) in [5.74, 6) is -1.37. The van der Waals surface area contributed by atoms with Crippen molar-refractivity contribution < 1.29 is 62.1 Å². The summed E-state index contributed by atoms with van der Waals surface area (Å²) < 4.78 is 39.6. The van der Waals surface area contributed by atoms with Gasteiger partial charge in [0.05, 0.1) is 46.1 Å². The van der Waals surface area contributed by atoms with Crippen molar-refractivity contribution in [1.29, 1.82) is 0 Å². The Balaban J connectivity index is 2.48. The van der Waals surface area contributed by atoms with Crippen molar-refractivity contribution in [3.63, 3.8) is 0 Å². The van der Waals surface area contributed by atoms with E-state index in [1.165, 1.54) is 32.1 Å². The van der Waals surface area contributed by atoms with Gasteiger partial charge in [-0.25, -0.2) is 0 Å². The van der Waals surface area contributed by atoms with Crippen LogP contribution in [0.15, 0.2) is 60.8 Å². The molecule has 1 heterocycles. The summed E-state index contributed by atoms with van der Waals surface area (Å²) in [6, 6.07) is 0. The van der Waals surface area contributed by atoms with E-state index in [1.807, 2.05) is 33.3 Å². The number of nitrogens with zero attached hydrogens (tertiary/aromatic N) is 1. The van der Waals surface area contributed by atoms with E-state index in [0.717, 1.165) is 70.6 Å². The van der Waals surface area contributed by atoms with Gasteiger partial charge in [0.2, 0.25) is 0 Å². The number of aliphatic hydroxyl groups excluding tert-OH is 3. The van der Waals surface area contributed by atoms with Crippen LogP contribution in [-0.2, 0) is 37.4 Å². The van der Waals surface area contributed by atoms with Crippen LogP contribution < -0.4 is 4.89 Å². The monoisotopic (exact) mass is 940 g/mol. The molecule has 0 aromatic heterocycles. The molecule has 13 nitrogen and oxygen atoms in total. The predicted octanol–water partition coefficient (Wildman–Crippen LogP) is 9.89. The smallest absolute Gasteiger partial charge is 0.306 e. The second-order valence-electron chi connectivity index (χ2n) is 18.3. The minimum Gasteiger partial charge on any atom is -0.756 e. The Bertz CT molecular complexity index is 1410. The van der Waals surface area contributed by atoms with Crippen molar-refractivity contribution in [2.24, 2.45) is 5.92 Å². The number of carbonyl (C=O) groups excluding carboxylic acids is 2. The van der Waals surface area contributed by atoms with Crippen LogP contribution in [-0.4, -0.2) is 110 Å². The summed E-state index contributed by atoms with van der Waals surface area (Å²) >= 11 is 0. The number of unbranched alkanes of at least 4 members (excludes halogenated alkanes) is 13. The summed E-state index contributed by atoms with van der Waals surface area (Å²) in [5, 5.41) is 31.1. The molecule has 0 amide bonds. The van der Waals surface area contributed by atoms with Gasteiger partial charge in [0.25, 0.3) is 7.82 Å². The van der Waals surface area contributed by atoms with Crippen molar-refractivity contribution in [2.75, 3.05) is 47.5 Å². The highest BCUT2D eigenvalue weighted by Crippen LogP contribution is 2.38. The number of hydrogen-bond donors (Lipinski definition) is 3. The van der Waals surface area contributed by atoms with Gasteiger partial charge in [-0.15, -0.1) is 0 Å². The van der Waals surface area contributed by atoms with E-state index in [2.05, 4.69) is 50.3 Å². The van der Waals surface area contributed by atoms with Crippen molar-refractivity contribution in [1.82, 2.24) is 0 Å². The average molecular weight is 940 g/mol. The molecule has 1 saturated heterocycles. The highest BCUT2D eigenvalue weighted by Gasteiger charge is 2.35. The van der Waals surface area contributed by atoms with Crippen LogP contribution in [0, 0.1) is 5.92 Å². The normalized spacial score (nSPS) is 20.4. The summed E-state index contributed by atoms with van der Waals surface area (Å²) in [6.07, 6.45) is 37.2. The van der Waals surface area contributed by atoms with Crippen LogP contribution in [0.3, 0.4) is 0 Å². The first-order valence-corrected chi connectivity index (χ1v) is 26.3. The third-order valence-electron chi connectivity index (χ3n) is 11.1. The van der Waals surface area contributed by atoms with Gasteiger partial charge in [0, 0.05) is 25.2 Å². The number of allylic oxidation sites excluding steroid dienone is 8. The molecule has 1 rings (SSSR count). The van der Waals surface area contributed by atoms with Crippen molar-refractivity contribution in [3.05, 3.63) is 60.8 Å². The predicted molar refractivity (Wildman–Crippen MR) is 257 cm³/mol. The molecule has 0 bridgehead atoms. The zero-order chi connectivity index (χ0) is 48.0. The highest BCUT2D eigenvalue weighted by molar-refractivity contribution is 7.45. The van der Waals surface area contributed by atoms with E-state index >= 15 is 0 Å². The van der Waals surface area contributed by atoms with E-state index in [0.29, 0.717) is 43.1 Å². The first kappa shape index (κ1) is 60.6. The SMILES string of the molecule is CCCCCC/C=C\C/C=C\C/C=C\CCCCCCCCC(=O)OC[C@H](COP(=O)([O-])OCC[N+](C)(C)C)OC(=O)CCC/C=C\C[C@H]1[C@@H](O)CC(O)O[C@@H]1/C=C/[C@@H](O)CCCCC. The maximum absolute atomic E-state index is 12.8. The van der Waals surface area contributed by atoms with Gasteiger partial charge in [0.15, 0.2) is 12.4 Å². The molecule has 3 N–H and O–H groups in total. The Labute approximate surface area is 393 Å². The highest BCUT2D eigenvalue weighted by atomic mass is 31.2. The van der Waals surface area contributed by atoms with Gasteiger partial charge in [-0.05, 0) is 70.6 Å². The fraction of sp³-hybridized carbons (Fsp3) is 0.765. The summed E-state index contributed by atoms with van der Waals surface area (Å²) in [4.78, 5) is 37.9. The Hall–Kier alpha value is -2.45. The average Bonchev–Trinajstić information content (AvgIpc) is 3.24. The summed E-state index contributed by atoms with van der Waals surface area (Å²) in [6.45, 7) is 3.77. The minimum absolute atomic E-state index is 0.0253. The quantitative estimate of drug-likeness (QED) is 0.0174. The maximum atomic E-state index is 12.8. The number of carbonyl (C=O) groups is 2. The molecule has 1 aliphatic rings. The topological polar surface area (TPSA) is 181 Å². The Kier molecular flexibility index (Phi) is 35.9. The van der Waals surface area contributed by atoms with Gasteiger partial charge in [0.1, 0.15) is 19.8 Å². The number of likely N-dealkylation sites (N-methyl/N-ethyl adjacent to an activating group) is 1. The van der Waals surface area contributed by atoms with Crippen molar-refractivity contribution >= 4 is 19.8 Å². The Morgan fingerprint density at radius 2 is 1.31 bits per heavy atom. The van der Waals surface area contributed by atoms with E-state index < -0.39 is 57.1 Å². The largest absolute Gasteiger partial charge is 0.756 e. The molecule has 14 heteroatoms. The van der Waals surface area contributed by atoms with Crippen molar-refractivity contribution in [2.45, 2.75) is 199 Å². The molecule has 0 aliphatic carbocycles. The number of phosphoric acid groups is 1. The lowest BCUT2D eigenvalue weighted by molar-refractivity contribution is -0.870. The number of phosphoric ester groups is 1. The standard InChI is InChI=1S/C51H90NO12P/c1-6-8-10-11-12-13-14-15-16-17-18-19-20-21-22-23-24-25-26-31-35-49(55)60-42-45(43-62-65(58,59)61-40-39-52(3,4)5)63-50(56)36-32-28-27-30-34-46-47(54)41-51(57)64-48(46)38-37-44(53)33-29-9-7-2/h13-14,16-17,19-20,27,30,37-38,44-48,51,53-54,57H,6-12,15,18,21-26,28-29,31-36,39-43H2,1-5H3/b14-13-,17-16-,20-19-,30-27-,38-37+/t44-,45+,46-,47-,48+,51?/m0/s1. The van der Waals surface area contributed by atoms with Gasteiger partial charge < -0.3 is 48.0 Å². The van der Waals surface area contributed by atoms with Gasteiger partial charge in [-0.3, -0.25) is 14.2 Å². The maximum Gasteiger partial charge on any atom is 0.306 e. The van der Waals surface area contributed by atoms with Gasteiger partial charge in [-0.1, -0.05) is 139 Å². The molecule has 7 atom stereocenters. The van der Waals surface area contributed by atoms with Crippen LogP contribution in [0.5, 0.6) is 0 Å². The number of rotatable bonds is 40. The summed E-state index contributed by atoms with van der Waals surface area (Å²) in [5.41, 5.74) is 0. The lowest BCUT2D eigenvalue weighted by Crippen LogP contribution is -2.43. The molecule has 0 aromatic rings. The third kappa shape index (κ3) is 36.3. The van der Waals surface area contributed by atoms with Gasteiger partial charge in [-0.2, -0.15) is 0 Å². The van der Waals surface area contributed by atoms with E-state index in [1.54, 1.807) is 12.2 Å². The zero-order valence-corrected chi connectivity index (χ0v) is 41.8. The lowest BCUT2D eigenvalue weighted by Gasteiger charge is -2.36. The van der Waals surface area contributed by atoms with Crippen LogP contribution in [0.2, 0.25) is 0 Å². The van der Waals surface area contributed by atoms with E-state index in [9.17, 15) is 34.4 Å². The fourth-order valence-corrected chi connectivity index (χ4v) is 7.78. The molecule has 0 aromatic carbocycles. The molecular formula is C51H90NO12P. The lowest BCUT2D eigenvalue weighted by atomic mass is 9.87. The number of hydrogen-bond acceptors (Lipinski definition) is 12. The van der Waals surface area contributed by atoms with E-state index in [4.69, 9.17) is 23.3 Å². The third-order valence-corrected chi connectivity index (χ3v) is 12.0. The van der Waals surface area contributed by atoms with Gasteiger partial charge >= 0.3 is 11.9 Å². The Morgan fingerprint density at radius 1 is 0.738 bits per heavy atom. The molecule has 0 saturated carbocycles. The van der Waals surface area contributed by atoms with Crippen molar-refractivity contribution in [3.8, 4) is 0 Å². The molecular weight excluding hydrogens is 850 g/mol. The molecule has 376 valence electrons. The fourth-order valence-electron chi connectivity index (χ4n) is 7.05. The Morgan fingerprint density at radius 3 is 1.97 bits per heavy atom. The molecule has 65 heavy (non-hydrogen) atoms. The first-order chi connectivity index (χ1) is 31.2. The van der Waals surface area contributed by atoms with Crippen LogP contribution >= 0.6 is 7.82 Å². The number of aliphatic hydroxyl groups is 3. The molecule has 1 aliphatic heterocycles. The number of ether oxygens (including phenoxy) is 3. The molecule has 0 spiro atoms. The van der Waals surface area contributed by atoms with E-state index in [-0.39, 0.29) is 38.4 Å². The second-order valence-corrected chi connectivity index (χ2v) is 19.8. The zero-order valence-electron chi connectivity index (χ0n) is 40.9. The van der Waals surface area contributed by atoms with Crippen LogP contribution in [0.1, 0.15) is 168 Å². The van der Waals surface area contributed by atoms with Crippen LogP contribution in [0.25, 0.3) is 0 Å². The molecule has 0 radical (unpaired) electrons. The first-order valence-electron chi connectivity index (χ1n) is 24.9. The number of quaternary nitrogens is 1. The van der Waals surface area contributed by atoms with Crippen LogP contribution in [0.4, 0.5) is 0 Å². The second kappa shape index (κ2) is 38.5.